The number of hydrogen-bond donors (Lipinski definition) is 3. The molecular formula is C9H21N3O3S. The molecule has 0 aromatic carbocycles. The van der Waals surface area contributed by atoms with E-state index >= 15 is 0 Å². The van der Waals surface area contributed by atoms with Gasteiger partial charge in [0.05, 0.1) is 12.1 Å². The minimum Gasteiger partial charge on any atom is -0.377 e. The van der Waals surface area contributed by atoms with Gasteiger partial charge in [0.25, 0.3) is 10.2 Å². The van der Waals surface area contributed by atoms with E-state index in [-0.39, 0.29) is 24.2 Å². The first-order chi connectivity index (χ1) is 7.35. The largest absolute Gasteiger partial charge is 0.377 e. The zero-order chi connectivity index (χ0) is 12.3. The van der Waals surface area contributed by atoms with Gasteiger partial charge in [-0.1, -0.05) is 0 Å². The molecule has 7 heteroatoms. The van der Waals surface area contributed by atoms with E-state index in [4.69, 9.17) is 10.5 Å². The smallest absolute Gasteiger partial charge is 0.277 e. The molecule has 0 heterocycles. The lowest BCUT2D eigenvalue weighted by Gasteiger charge is -2.42. The van der Waals surface area contributed by atoms with E-state index in [1.807, 2.05) is 6.92 Å². The lowest BCUT2D eigenvalue weighted by Crippen LogP contribution is -2.66. The normalized spacial score (nSPS) is 30.4. The molecule has 0 bridgehead atoms. The maximum atomic E-state index is 11.6. The summed E-state index contributed by atoms with van der Waals surface area (Å²) in [6, 6.07) is -0.629. The van der Waals surface area contributed by atoms with E-state index < -0.39 is 10.2 Å². The highest BCUT2D eigenvalue weighted by molar-refractivity contribution is 7.87. The molecule has 0 radical (unpaired) electrons. The van der Waals surface area contributed by atoms with Crippen LogP contribution in [0.25, 0.3) is 0 Å². The molecule has 0 aromatic rings. The monoisotopic (exact) mass is 251 g/mol. The zero-order valence-electron chi connectivity index (χ0n) is 9.93. The lowest BCUT2D eigenvalue weighted by atomic mass is 9.84. The Bertz CT molecular complexity index is 316. The Morgan fingerprint density at radius 1 is 1.50 bits per heavy atom. The third-order valence-electron chi connectivity index (χ3n) is 2.43. The summed E-state index contributed by atoms with van der Waals surface area (Å²) in [5.41, 5.74) is 5.75. The molecule has 3 atom stereocenters. The third kappa shape index (κ3) is 3.67. The van der Waals surface area contributed by atoms with Gasteiger partial charge < -0.3 is 10.5 Å². The predicted molar refractivity (Wildman–Crippen MR) is 62.1 cm³/mol. The van der Waals surface area contributed by atoms with E-state index in [9.17, 15) is 8.42 Å². The average Bonchev–Trinajstić information content (AvgIpc) is 2.12. The number of nitrogens with two attached hydrogens (primary N) is 1. The summed E-state index contributed by atoms with van der Waals surface area (Å²) >= 11 is 0. The fourth-order valence-electron chi connectivity index (χ4n) is 1.71. The Morgan fingerprint density at radius 3 is 2.56 bits per heavy atom. The van der Waals surface area contributed by atoms with Crippen molar-refractivity contribution >= 4 is 10.2 Å². The lowest BCUT2D eigenvalue weighted by molar-refractivity contribution is -0.0249. The summed E-state index contributed by atoms with van der Waals surface area (Å²) in [7, 11) is -3.49. The highest BCUT2D eigenvalue weighted by atomic mass is 32.2. The van der Waals surface area contributed by atoms with Gasteiger partial charge in [0.2, 0.25) is 0 Å². The van der Waals surface area contributed by atoms with Crippen molar-refractivity contribution in [3.63, 3.8) is 0 Å². The second-order valence-corrected chi connectivity index (χ2v) is 5.79. The molecule has 6 nitrogen and oxygen atoms in total. The highest BCUT2D eigenvalue weighted by Crippen LogP contribution is 2.22. The molecule has 0 saturated heterocycles. The third-order valence-corrected chi connectivity index (χ3v) is 3.79. The van der Waals surface area contributed by atoms with Crippen LogP contribution in [0.2, 0.25) is 0 Å². The standard InChI is InChI=1S/C9H21N3O3S/c1-4-15-8-5-7(10)9(8)12-16(13,14)11-6(2)3/h6-9,11-12H,4-5,10H2,1-3H3. The average molecular weight is 251 g/mol. The number of rotatable bonds is 6. The van der Waals surface area contributed by atoms with Crippen LogP contribution in [0.5, 0.6) is 0 Å². The molecule has 1 aliphatic rings. The van der Waals surface area contributed by atoms with Gasteiger partial charge in [-0.3, -0.25) is 0 Å². The van der Waals surface area contributed by atoms with Crippen molar-refractivity contribution in [1.82, 2.24) is 9.44 Å². The minimum atomic E-state index is -3.49. The van der Waals surface area contributed by atoms with Gasteiger partial charge in [-0.2, -0.15) is 17.9 Å². The Labute approximate surface area is 97.1 Å². The Balaban J connectivity index is 2.52. The van der Waals surface area contributed by atoms with Crippen molar-refractivity contribution in [2.24, 2.45) is 5.73 Å². The molecule has 0 amide bonds. The number of nitrogens with one attached hydrogen (secondary N) is 2. The van der Waals surface area contributed by atoms with Crippen LogP contribution in [0.4, 0.5) is 0 Å². The number of hydrogen-bond acceptors (Lipinski definition) is 4. The first kappa shape index (κ1) is 13.9. The Kier molecular flexibility index (Phi) is 4.69. The van der Waals surface area contributed by atoms with E-state index in [2.05, 4.69) is 9.44 Å². The molecule has 16 heavy (non-hydrogen) atoms. The summed E-state index contributed by atoms with van der Waals surface area (Å²) < 4.78 is 33.6. The molecule has 0 aliphatic heterocycles. The minimum absolute atomic E-state index is 0.108. The summed E-state index contributed by atoms with van der Waals surface area (Å²) in [6.45, 7) is 5.97. The molecule has 4 N–H and O–H groups in total. The maximum Gasteiger partial charge on any atom is 0.277 e. The summed E-state index contributed by atoms with van der Waals surface area (Å²) in [4.78, 5) is 0. The molecule has 1 aliphatic carbocycles. The second kappa shape index (κ2) is 5.42. The van der Waals surface area contributed by atoms with Gasteiger partial charge in [-0.15, -0.1) is 0 Å². The fourth-order valence-corrected chi connectivity index (χ4v) is 3.09. The van der Waals surface area contributed by atoms with Crippen molar-refractivity contribution in [3.05, 3.63) is 0 Å². The second-order valence-electron chi connectivity index (χ2n) is 4.31. The Hall–Kier alpha value is -0.210. The van der Waals surface area contributed by atoms with Crippen LogP contribution in [-0.4, -0.2) is 39.3 Å². The van der Waals surface area contributed by atoms with Gasteiger partial charge in [-0.05, 0) is 27.2 Å². The van der Waals surface area contributed by atoms with Crippen molar-refractivity contribution in [1.29, 1.82) is 0 Å². The van der Waals surface area contributed by atoms with E-state index in [1.165, 1.54) is 0 Å². The predicted octanol–water partition coefficient (Wildman–Crippen LogP) is -0.676. The van der Waals surface area contributed by atoms with E-state index in [0.29, 0.717) is 13.0 Å². The van der Waals surface area contributed by atoms with Crippen LogP contribution in [0.3, 0.4) is 0 Å². The van der Waals surface area contributed by atoms with Crippen LogP contribution in [0.15, 0.2) is 0 Å². The van der Waals surface area contributed by atoms with Gasteiger partial charge in [0.1, 0.15) is 0 Å². The molecule has 0 spiro atoms. The summed E-state index contributed by atoms with van der Waals surface area (Å²) in [6.07, 6.45) is 0.589. The highest BCUT2D eigenvalue weighted by Gasteiger charge is 2.41. The number of ether oxygens (including phenoxy) is 1. The zero-order valence-corrected chi connectivity index (χ0v) is 10.8. The molecule has 3 unspecified atom stereocenters. The van der Waals surface area contributed by atoms with Crippen molar-refractivity contribution in [2.45, 2.75) is 51.4 Å². The summed E-state index contributed by atoms with van der Waals surface area (Å²) in [5.74, 6) is 0. The van der Waals surface area contributed by atoms with Gasteiger partial charge >= 0.3 is 0 Å². The SMILES string of the molecule is CCOC1CC(N)C1NS(=O)(=O)NC(C)C. The quantitative estimate of drug-likeness (QED) is 0.583. The molecule has 1 rings (SSSR count). The van der Waals surface area contributed by atoms with Gasteiger partial charge in [-0.25, -0.2) is 0 Å². The van der Waals surface area contributed by atoms with Crippen molar-refractivity contribution in [3.8, 4) is 0 Å². The van der Waals surface area contributed by atoms with Crippen molar-refractivity contribution < 1.29 is 13.2 Å². The van der Waals surface area contributed by atoms with Crippen LogP contribution in [0, 0.1) is 0 Å². The fraction of sp³-hybridized carbons (Fsp3) is 1.00. The van der Waals surface area contributed by atoms with Gasteiger partial charge in [0.15, 0.2) is 0 Å². The van der Waals surface area contributed by atoms with Gasteiger partial charge in [0, 0.05) is 18.7 Å². The van der Waals surface area contributed by atoms with Crippen LogP contribution >= 0.6 is 0 Å². The molecule has 1 fully saturated rings. The van der Waals surface area contributed by atoms with Crippen LogP contribution < -0.4 is 15.2 Å². The van der Waals surface area contributed by atoms with Crippen molar-refractivity contribution in [2.75, 3.05) is 6.61 Å². The first-order valence-electron chi connectivity index (χ1n) is 5.52. The van der Waals surface area contributed by atoms with Crippen LogP contribution in [-0.2, 0) is 14.9 Å². The first-order valence-corrected chi connectivity index (χ1v) is 7.00. The van der Waals surface area contributed by atoms with Crippen LogP contribution in [0.1, 0.15) is 27.2 Å². The van der Waals surface area contributed by atoms with E-state index in [1.54, 1.807) is 13.8 Å². The molecular weight excluding hydrogens is 230 g/mol. The maximum absolute atomic E-state index is 11.6. The molecule has 96 valence electrons. The molecule has 0 aromatic heterocycles. The Morgan fingerprint density at radius 2 is 2.12 bits per heavy atom. The molecule has 1 saturated carbocycles. The topological polar surface area (TPSA) is 93.4 Å². The van der Waals surface area contributed by atoms with E-state index in [0.717, 1.165) is 0 Å². The summed E-state index contributed by atoms with van der Waals surface area (Å²) in [5, 5.41) is 0.